The molecule has 0 amide bonds. The van der Waals surface area contributed by atoms with E-state index in [2.05, 4.69) is 132 Å². The lowest BCUT2D eigenvalue weighted by molar-refractivity contribution is -0.438. The second kappa shape index (κ2) is 12.6. The summed E-state index contributed by atoms with van der Waals surface area (Å²) in [6.07, 6.45) is 13.4. The topological polar surface area (TPSA) is 75.2 Å². The number of hydrogen-bond acceptors (Lipinski definition) is 3. The van der Waals surface area contributed by atoms with Gasteiger partial charge in [0.15, 0.2) is 5.71 Å². The first-order valence-electron chi connectivity index (χ1n) is 16.6. The van der Waals surface area contributed by atoms with Crippen LogP contribution in [0, 0.1) is 0 Å². The van der Waals surface area contributed by atoms with Gasteiger partial charge in [0.2, 0.25) is 5.69 Å². The standard InChI is InChI=1S/C41H39N3O3S/c1-4-43-36-17-13-30(12-11-29-21-23-42-24-22-29)27-34(36)35-28-31(14-18-37(35)43)15-20-39-41(2,3)40-33-10-6-5-9-32(33)16-19-38(40)44(39)25-7-8-26-48(45,46)47/h5-6,9-24,27-28H,4,7-8,25-26H2,1-3H3/p+1/b12-11+. The van der Waals surface area contributed by atoms with Crippen LogP contribution in [0.2, 0.25) is 0 Å². The molecular formula is C41H40N3O3S+. The van der Waals surface area contributed by atoms with Gasteiger partial charge < -0.3 is 4.57 Å². The summed E-state index contributed by atoms with van der Waals surface area (Å²) in [4.78, 5) is 4.12. The van der Waals surface area contributed by atoms with Gasteiger partial charge in [0.05, 0.1) is 11.2 Å². The monoisotopic (exact) mass is 654 g/mol. The van der Waals surface area contributed by atoms with E-state index in [-0.39, 0.29) is 11.2 Å². The molecule has 2 aromatic heterocycles. The van der Waals surface area contributed by atoms with Crippen LogP contribution in [0.5, 0.6) is 0 Å². The molecular weight excluding hydrogens is 615 g/mol. The highest BCUT2D eigenvalue weighted by Gasteiger charge is 2.45. The first kappa shape index (κ1) is 31.7. The fraction of sp³-hybridized carbons (Fsp3) is 0.220. The lowest BCUT2D eigenvalue weighted by Crippen LogP contribution is -2.28. The third-order valence-corrected chi connectivity index (χ3v) is 10.4. The van der Waals surface area contributed by atoms with Crippen LogP contribution in [0.1, 0.15) is 55.9 Å². The zero-order valence-electron chi connectivity index (χ0n) is 27.6. The maximum absolute atomic E-state index is 11.4. The normalized spacial score (nSPS) is 14.8. The largest absolute Gasteiger partial charge is 0.341 e. The molecule has 0 radical (unpaired) electrons. The zero-order chi connectivity index (χ0) is 33.5. The smallest absolute Gasteiger partial charge is 0.264 e. The fourth-order valence-electron chi connectivity index (χ4n) is 7.36. The van der Waals surface area contributed by atoms with E-state index in [1.807, 2.05) is 24.5 Å². The summed E-state index contributed by atoms with van der Waals surface area (Å²) in [5.41, 5.74) is 9.13. The lowest BCUT2D eigenvalue weighted by Gasteiger charge is -2.17. The van der Waals surface area contributed by atoms with Crippen molar-refractivity contribution < 1.29 is 17.5 Å². The fourth-order valence-corrected chi connectivity index (χ4v) is 7.93. The first-order chi connectivity index (χ1) is 23.1. The second-order valence-electron chi connectivity index (χ2n) is 13.1. The third kappa shape index (κ3) is 6.00. The van der Waals surface area contributed by atoms with Gasteiger partial charge in [0.1, 0.15) is 6.54 Å². The molecule has 6 aromatic rings. The van der Waals surface area contributed by atoms with Gasteiger partial charge in [-0.3, -0.25) is 9.54 Å². The van der Waals surface area contributed by atoms with Gasteiger partial charge >= 0.3 is 0 Å². The minimum atomic E-state index is -3.99. The highest BCUT2D eigenvalue weighted by atomic mass is 32.2. The van der Waals surface area contributed by atoms with E-state index in [4.69, 9.17) is 0 Å². The number of benzene rings is 4. The molecule has 0 bridgehead atoms. The minimum absolute atomic E-state index is 0.230. The van der Waals surface area contributed by atoms with Crippen molar-refractivity contribution in [3.05, 3.63) is 126 Å². The van der Waals surface area contributed by atoms with Crippen molar-refractivity contribution in [2.75, 3.05) is 12.3 Å². The van der Waals surface area contributed by atoms with E-state index in [0.717, 1.165) is 28.9 Å². The highest BCUT2D eigenvalue weighted by Crippen LogP contribution is 2.44. The molecule has 48 heavy (non-hydrogen) atoms. The number of allylic oxidation sites excluding steroid dienone is 1. The third-order valence-electron chi connectivity index (χ3n) is 9.63. The molecule has 6 nitrogen and oxygen atoms in total. The van der Waals surface area contributed by atoms with E-state index in [9.17, 15) is 13.0 Å². The Bertz CT molecular complexity index is 2380. The van der Waals surface area contributed by atoms with Crippen molar-refractivity contribution >= 4 is 72.3 Å². The molecule has 1 N–H and O–H groups in total. The number of aromatic nitrogens is 2. The van der Waals surface area contributed by atoms with E-state index < -0.39 is 10.1 Å². The predicted octanol–water partition coefficient (Wildman–Crippen LogP) is 9.29. The summed E-state index contributed by atoms with van der Waals surface area (Å²) in [5.74, 6) is -0.230. The molecule has 1 aliphatic rings. The molecule has 0 spiro atoms. The van der Waals surface area contributed by atoms with Crippen molar-refractivity contribution in [2.24, 2.45) is 0 Å². The Morgan fingerprint density at radius 1 is 0.771 bits per heavy atom. The Morgan fingerprint density at radius 3 is 2.08 bits per heavy atom. The van der Waals surface area contributed by atoms with Crippen LogP contribution in [0.3, 0.4) is 0 Å². The van der Waals surface area contributed by atoms with Crippen LogP contribution in [-0.4, -0.2) is 45.1 Å². The number of fused-ring (bicyclic) bond motifs is 6. The van der Waals surface area contributed by atoms with Crippen LogP contribution in [0.4, 0.5) is 5.69 Å². The summed E-state index contributed by atoms with van der Waals surface area (Å²) in [7, 11) is -3.99. The molecule has 242 valence electrons. The Hall–Kier alpha value is -4.85. The number of pyridine rings is 1. The van der Waals surface area contributed by atoms with Crippen LogP contribution >= 0.6 is 0 Å². The number of hydrogen-bond donors (Lipinski definition) is 1. The van der Waals surface area contributed by atoms with Crippen molar-refractivity contribution in [1.82, 2.24) is 9.55 Å². The summed E-state index contributed by atoms with van der Waals surface area (Å²) >= 11 is 0. The van der Waals surface area contributed by atoms with E-state index in [1.165, 1.54) is 43.9 Å². The highest BCUT2D eigenvalue weighted by molar-refractivity contribution is 7.85. The van der Waals surface area contributed by atoms with Gasteiger partial charge in [-0.2, -0.15) is 13.0 Å². The van der Waals surface area contributed by atoms with Crippen molar-refractivity contribution in [2.45, 2.75) is 45.6 Å². The maximum Gasteiger partial charge on any atom is 0.264 e. The van der Waals surface area contributed by atoms with Crippen molar-refractivity contribution in [3.63, 3.8) is 0 Å². The average Bonchev–Trinajstić information content (AvgIpc) is 3.51. The van der Waals surface area contributed by atoms with E-state index >= 15 is 0 Å². The molecule has 4 aromatic carbocycles. The molecule has 1 aliphatic heterocycles. The lowest BCUT2D eigenvalue weighted by atomic mass is 9.79. The minimum Gasteiger partial charge on any atom is -0.341 e. The van der Waals surface area contributed by atoms with Crippen molar-refractivity contribution in [3.8, 4) is 0 Å². The van der Waals surface area contributed by atoms with Gasteiger partial charge in [-0.25, -0.2) is 0 Å². The number of aryl methyl sites for hydroxylation is 1. The molecule has 7 heteroatoms. The summed E-state index contributed by atoms with van der Waals surface area (Å²) in [6, 6.07) is 30.2. The molecule has 0 aliphatic carbocycles. The summed E-state index contributed by atoms with van der Waals surface area (Å²) in [5, 5.41) is 4.88. The van der Waals surface area contributed by atoms with Crippen LogP contribution in [-0.2, 0) is 22.1 Å². The Kier molecular flexibility index (Phi) is 8.36. The predicted molar refractivity (Wildman–Crippen MR) is 200 cm³/mol. The molecule has 7 rings (SSSR count). The van der Waals surface area contributed by atoms with Gasteiger partial charge in [0.25, 0.3) is 10.1 Å². The maximum atomic E-state index is 11.4. The first-order valence-corrected chi connectivity index (χ1v) is 18.2. The SMILES string of the molecule is CCn1c2ccc(/C=C/C3=[N+](CCCCS(=O)(=O)O)c4ccc5ccccc5c4C3(C)C)cc2c2cc(/C=C/c3ccncc3)ccc21. The van der Waals surface area contributed by atoms with Crippen LogP contribution in [0.25, 0.3) is 50.8 Å². The molecule has 0 unspecified atom stereocenters. The summed E-state index contributed by atoms with van der Waals surface area (Å²) in [6.45, 7) is 8.27. The molecule has 3 heterocycles. The molecule has 0 saturated carbocycles. The van der Waals surface area contributed by atoms with E-state index in [1.54, 1.807) is 0 Å². The van der Waals surface area contributed by atoms with Gasteiger partial charge in [0, 0.05) is 64.9 Å². The quantitative estimate of drug-likeness (QED) is 0.0908. The second-order valence-corrected chi connectivity index (χ2v) is 14.7. The van der Waals surface area contributed by atoms with Crippen LogP contribution in [0.15, 0.2) is 103 Å². The Labute approximate surface area is 282 Å². The average molecular weight is 655 g/mol. The Morgan fingerprint density at radius 2 is 1.42 bits per heavy atom. The number of unbranched alkanes of at least 4 members (excludes halogenated alkanes) is 1. The van der Waals surface area contributed by atoms with Gasteiger partial charge in [-0.1, -0.05) is 48.6 Å². The zero-order valence-corrected chi connectivity index (χ0v) is 28.4. The Balaban J connectivity index is 1.28. The van der Waals surface area contributed by atoms with Crippen molar-refractivity contribution in [1.29, 1.82) is 0 Å². The molecule has 0 fully saturated rings. The van der Waals surface area contributed by atoms with E-state index in [0.29, 0.717) is 19.4 Å². The number of nitrogens with zero attached hydrogens (tertiary/aromatic N) is 3. The van der Waals surface area contributed by atoms with Gasteiger partial charge in [-0.05, 0) is 103 Å². The molecule has 0 saturated heterocycles. The molecule has 0 atom stereocenters. The van der Waals surface area contributed by atoms with Crippen LogP contribution < -0.4 is 0 Å². The summed E-state index contributed by atoms with van der Waals surface area (Å²) < 4.78 is 36.9. The van der Waals surface area contributed by atoms with Gasteiger partial charge in [-0.15, -0.1) is 0 Å². The number of rotatable bonds is 10.